The van der Waals surface area contributed by atoms with Crippen molar-refractivity contribution in [1.82, 2.24) is 24.9 Å². The van der Waals surface area contributed by atoms with Crippen LogP contribution >= 0.6 is 0 Å². The van der Waals surface area contributed by atoms with E-state index in [-0.39, 0.29) is 0 Å². The Morgan fingerprint density at radius 1 is 0.345 bits per heavy atom. The fraction of sp³-hybridized carbons (Fsp3) is 0.140. The molecule has 6 aromatic carbocycles. The van der Waals surface area contributed by atoms with E-state index in [2.05, 4.69) is 121 Å². The summed E-state index contributed by atoms with van der Waals surface area (Å²) in [5, 5.41) is 0. The highest BCUT2D eigenvalue weighted by molar-refractivity contribution is 5.82. The van der Waals surface area contributed by atoms with Gasteiger partial charge in [-0.25, -0.2) is 24.9 Å². The summed E-state index contributed by atoms with van der Waals surface area (Å²) in [6.45, 7) is 0. The van der Waals surface area contributed by atoms with Crippen molar-refractivity contribution in [3.63, 3.8) is 0 Å². The van der Waals surface area contributed by atoms with E-state index in [1.54, 1.807) is 0 Å². The van der Waals surface area contributed by atoms with Gasteiger partial charge in [-0.2, -0.15) is 0 Å². The lowest BCUT2D eigenvalue weighted by atomic mass is 9.31. The van der Waals surface area contributed by atoms with Crippen LogP contribution in [-0.2, 0) is 0 Å². The highest BCUT2D eigenvalue weighted by atomic mass is 15.0. The third-order valence-corrected chi connectivity index (χ3v) is 12.3. The first kappa shape index (κ1) is 31.9. The zero-order chi connectivity index (χ0) is 36.3. The lowest BCUT2D eigenvalue weighted by Crippen LogP contribution is -2.65. The summed E-state index contributed by atoms with van der Waals surface area (Å²) in [7, 11) is 0. The Morgan fingerprint density at radius 3 is 1.31 bits per heavy atom. The van der Waals surface area contributed by atoms with E-state index in [4.69, 9.17) is 24.9 Å². The van der Waals surface area contributed by atoms with E-state index in [0.717, 1.165) is 85.5 Å². The van der Waals surface area contributed by atoms with Gasteiger partial charge in [0, 0.05) is 33.4 Å². The zero-order valence-electron chi connectivity index (χ0n) is 30.2. The lowest BCUT2D eigenvalue weighted by molar-refractivity contribution is -0.214. The van der Waals surface area contributed by atoms with Crippen molar-refractivity contribution in [1.29, 1.82) is 0 Å². The highest BCUT2D eigenvalue weighted by Crippen LogP contribution is 2.75. The van der Waals surface area contributed by atoms with Crippen LogP contribution in [0.3, 0.4) is 0 Å². The fourth-order valence-electron chi connectivity index (χ4n) is 9.50. The molecule has 3 fully saturated rings. The van der Waals surface area contributed by atoms with Crippen molar-refractivity contribution in [2.45, 2.75) is 18.8 Å². The molecular formula is C50H37N5. The highest BCUT2D eigenvalue weighted by Gasteiger charge is 2.67. The minimum Gasteiger partial charge on any atom is -0.228 e. The van der Waals surface area contributed by atoms with Gasteiger partial charge in [0.1, 0.15) is 0 Å². The number of benzene rings is 6. The Morgan fingerprint density at radius 2 is 0.764 bits per heavy atom. The maximum absolute atomic E-state index is 5.17. The molecule has 2 aromatic heterocycles. The van der Waals surface area contributed by atoms with Gasteiger partial charge in [-0.15, -0.1) is 0 Å². The standard InChI is InChI=1S/C50H37N5/c1-4-12-31(13-5-1)39-18-10-11-19-40(39)50-54-48(35-16-8-3-9-17-35)53-49(55-50)37-26-24-36(25-27-37)47-51-43(32-14-6-2-7-15-32)30-44(52-47)33-20-22-34(23-21-33)45-41-28-38-29-42(45)46(38)41/h1-27,30,38,41-42,45-46H,28-29H2. The Bertz CT molecular complexity index is 2650. The van der Waals surface area contributed by atoms with E-state index < -0.39 is 0 Å². The van der Waals surface area contributed by atoms with Crippen LogP contribution < -0.4 is 0 Å². The van der Waals surface area contributed by atoms with Gasteiger partial charge in [0.15, 0.2) is 23.3 Å². The molecule has 262 valence electrons. The number of rotatable bonds is 8. The van der Waals surface area contributed by atoms with Crippen LogP contribution in [-0.4, -0.2) is 24.9 Å². The number of nitrogens with zero attached hydrogens (tertiary/aromatic N) is 5. The summed E-state index contributed by atoms with van der Waals surface area (Å²) in [4.78, 5) is 25.4. The Balaban J connectivity index is 0.967. The predicted molar refractivity (Wildman–Crippen MR) is 219 cm³/mol. The number of hydrogen-bond donors (Lipinski definition) is 0. The normalized spacial score (nSPS) is 20.4. The van der Waals surface area contributed by atoms with E-state index in [0.29, 0.717) is 23.3 Å². The molecular weight excluding hydrogens is 671 g/mol. The summed E-state index contributed by atoms with van der Waals surface area (Å²) >= 11 is 0. The van der Waals surface area contributed by atoms with Gasteiger partial charge in [0.2, 0.25) is 0 Å². The molecule has 0 radical (unpaired) electrons. The number of aromatic nitrogens is 5. The van der Waals surface area contributed by atoms with Gasteiger partial charge in [0.25, 0.3) is 0 Å². The molecule has 5 heteroatoms. The molecule has 5 nitrogen and oxygen atoms in total. The second kappa shape index (κ2) is 13.1. The first-order chi connectivity index (χ1) is 27.2. The fourth-order valence-corrected chi connectivity index (χ4v) is 9.50. The zero-order valence-corrected chi connectivity index (χ0v) is 30.2. The second-order valence-corrected chi connectivity index (χ2v) is 15.3. The molecule has 0 spiro atoms. The third kappa shape index (κ3) is 5.58. The van der Waals surface area contributed by atoms with E-state index in [1.165, 1.54) is 18.4 Å². The molecule has 0 N–H and O–H groups in total. The Kier molecular flexibility index (Phi) is 7.58. The van der Waals surface area contributed by atoms with Crippen LogP contribution in [0.15, 0.2) is 170 Å². The second-order valence-electron chi connectivity index (χ2n) is 15.3. The molecule has 2 atom stereocenters. The minimum atomic E-state index is 0.607. The van der Waals surface area contributed by atoms with Crippen LogP contribution in [0.4, 0.5) is 0 Å². The molecule has 2 heterocycles. The minimum absolute atomic E-state index is 0.607. The topological polar surface area (TPSA) is 64.5 Å². The summed E-state index contributed by atoms with van der Waals surface area (Å²) in [5.74, 6) is 7.22. The monoisotopic (exact) mass is 707 g/mol. The average Bonchev–Trinajstić information content (AvgIpc) is 3.27. The molecule has 0 bridgehead atoms. The van der Waals surface area contributed by atoms with Crippen LogP contribution in [0.5, 0.6) is 0 Å². The quantitative estimate of drug-likeness (QED) is 0.157. The van der Waals surface area contributed by atoms with Crippen LogP contribution in [0.2, 0.25) is 0 Å². The maximum Gasteiger partial charge on any atom is 0.164 e. The molecule has 3 aliphatic rings. The molecule has 0 saturated heterocycles. The van der Waals surface area contributed by atoms with Gasteiger partial charge in [-0.1, -0.05) is 164 Å². The first-order valence-electron chi connectivity index (χ1n) is 19.4. The molecule has 11 rings (SSSR count). The van der Waals surface area contributed by atoms with Gasteiger partial charge in [0.05, 0.1) is 11.4 Å². The average molecular weight is 708 g/mol. The Hall–Kier alpha value is -6.59. The van der Waals surface area contributed by atoms with Crippen LogP contribution in [0.1, 0.15) is 24.3 Å². The molecule has 3 aliphatic carbocycles. The van der Waals surface area contributed by atoms with Crippen LogP contribution in [0, 0.1) is 23.7 Å². The summed E-state index contributed by atoms with van der Waals surface area (Å²) in [6.07, 6.45) is 2.87. The van der Waals surface area contributed by atoms with Crippen molar-refractivity contribution in [3.05, 3.63) is 175 Å². The van der Waals surface area contributed by atoms with Crippen molar-refractivity contribution in [2.75, 3.05) is 0 Å². The van der Waals surface area contributed by atoms with E-state index >= 15 is 0 Å². The van der Waals surface area contributed by atoms with Gasteiger partial charge in [-0.3, -0.25) is 0 Å². The molecule has 2 unspecified atom stereocenters. The van der Waals surface area contributed by atoms with Crippen molar-refractivity contribution < 1.29 is 0 Å². The maximum atomic E-state index is 5.17. The predicted octanol–water partition coefficient (Wildman–Crippen LogP) is 11.7. The summed E-state index contributed by atoms with van der Waals surface area (Å²) in [5.41, 5.74) is 11.4. The van der Waals surface area contributed by atoms with Gasteiger partial charge >= 0.3 is 0 Å². The van der Waals surface area contributed by atoms with Crippen molar-refractivity contribution >= 4 is 0 Å². The Labute approximate surface area is 320 Å². The molecule has 0 amide bonds. The molecule has 55 heavy (non-hydrogen) atoms. The largest absolute Gasteiger partial charge is 0.228 e. The molecule has 0 aliphatic heterocycles. The van der Waals surface area contributed by atoms with E-state index in [1.807, 2.05) is 48.5 Å². The summed E-state index contributed by atoms with van der Waals surface area (Å²) < 4.78 is 0. The van der Waals surface area contributed by atoms with Crippen molar-refractivity contribution in [2.24, 2.45) is 23.7 Å². The van der Waals surface area contributed by atoms with E-state index in [9.17, 15) is 0 Å². The van der Waals surface area contributed by atoms with Crippen LogP contribution in [0.25, 0.3) is 79.2 Å². The number of hydrogen-bond acceptors (Lipinski definition) is 5. The SMILES string of the molecule is c1ccc(-c2cc(-c3ccc(C4C5CC6CC4C65)cc3)nc(-c3ccc(-c4nc(-c5ccccc5)nc(-c5ccccc5-c5ccccc5)n4)cc3)n2)cc1. The first-order valence-corrected chi connectivity index (χ1v) is 19.4. The molecule has 8 aromatic rings. The van der Waals surface area contributed by atoms with Gasteiger partial charge < -0.3 is 0 Å². The lowest BCUT2D eigenvalue weighted by Gasteiger charge is -2.73. The summed E-state index contributed by atoms with van der Waals surface area (Å²) in [6, 6.07) is 58.8. The smallest absolute Gasteiger partial charge is 0.164 e. The third-order valence-electron chi connectivity index (χ3n) is 12.3. The molecule has 3 saturated carbocycles. The van der Waals surface area contributed by atoms with Crippen molar-refractivity contribution in [3.8, 4) is 79.2 Å². The van der Waals surface area contributed by atoms with Gasteiger partial charge in [-0.05, 0) is 65.2 Å².